The summed E-state index contributed by atoms with van der Waals surface area (Å²) in [5.74, 6) is 0. The number of nitrogens with one attached hydrogen (secondary N) is 2. The van der Waals surface area contributed by atoms with Crippen molar-refractivity contribution >= 4 is 27.6 Å². The minimum Gasteiger partial charge on any atom is -1.00 e. The van der Waals surface area contributed by atoms with Crippen molar-refractivity contribution in [1.82, 2.24) is 14.5 Å². The first kappa shape index (κ1) is 24.5. The van der Waals surface area contributed by atoms with Gasteiger partial charge in [0.15, 0.2) is 0 Å². The van der Waals surface area contributed by atoms with Crippen LogP contribution >= 0.6 is 0 Å². The van der Waals surface area contributed by atoms with Crippen LogP contribution in [0.25, 0.3) is 0 Å². The Bertz CT molecular complexity index is 1120. The van der Waals surface area contributed by atoms with Crippen LogP contribution in [0.1, 0.15) is 49.4 Å². The second kappa shape index (κ2) is 9.95. The summed E-state index contributed by atoms with van der Waals surface area (Å²) in [6, 6.07) is 1.25. The molecule has 2 aromatic rings. The summed E-state index contributed by atoms with van der Waals surface area (Å²) in [7, 11) is -2.42. The zero-order valence-corrected chi connectivity index (χ0v) is 22.1. The van der Waals surface area contributed by atoms with Crippen molar-refractivity contribution in [2.75, 3.05) is 22.8 Å². The van der Waals surface area contributed by atoms with Crippen molar-refractivity contribution < 1.29 is 48.9 Å². The molecule has 2 aliphatic carbocycles. The van der Waals surface area contributed by atoms with Crippen LogP contribution in [0.3, 0.4) is 0 Å². The van der Waals surface area contributed by atoms with E-state index in [0.29, 0.717) is 31.7 Å². The Labute approximate surface area is 218 Å². The summed E-state index contributed by atoms with van der Waals surface area (Å²) < 4.78 is 37.3. The molecule has 1 fully saturated rings. The minimum atomic E-state index is -4.15. The summed E-state index contributed by atoms with van der Waals surface area (Å²) in [5.41, 5.74) is 6.13. The number of urea groups is 1. The Morgan fingerprint density at radius 2 is 1.79 bits per heavy atom. The minimum absolute atomic E-state index is 0. The van der Waals surface area contributed by atoms with Crippen LogP contribution in [0.5, 0.6) is 0 Å². The third kappa shape index (κ3) is 4.95. The number of hydrogen-bond donors (Lipinski definition) is 2. The van der Waals surface area contributed by atoms with Gasteiger partial charge in [0.1, 0.15) is 0 Å². The quantitative estimate of drug-likeness (QED) is 0.562. The maximum absolute atomic E-state index is 13.4. The van der Waals surface area contributed by atoms with Crippen molar-refractivity contribution in [3.8, 4) is 0 Å². The molecule has 0 atom stereocenters. The van der Waals surface area contributed by atoms with Gasteiger partial charge in [0.2, 0.25) is 0 Å². The molecule has 2 N–H and O–H groups in total. The number of benzene rings is 1. The molecule has 0 saturated carbocycles. The number of hydrogen-bond acceptors (Lipinski definition) is 5. The van der Waals surface area contributed by atoms with Crippen LogP contribution in [-0.2, 0) is 47.7 Å². The van der Waals surface area contributed by atoms with Gasteiger partial charge in [0.05, 0.1) is 17.9 Å². The fraction of sp³-hybridized carbons (Fsp3) is 0.545. The summed E-state index contributed by atoms with van der Waals surface area (Å²) >= 11 is 0. The van der Waals surface area contributed by atoms with E-state index < -0.39 is 16.2 Å². The number of aryl methyl sites for hydroxylation is 3. The van der Waals surface area contributed by atoms with E-state index in [2.05, 4.69) is 21.2 Å². The zero-order chi connectivity index (χ0) is 22.3. The van der Waals surface area contributed by atoms with Gasteiger partial charge in [-0.2, -0.15) is 13.5 Å². The van der Waals surface area contributed by atoms with E-state index in [9.17, 15) is 13.2 Å². The Morgan fingerprint density at radius 1 is 1.15 bits per heavy atom. The van der Waals surface area contributed by atoms with Crippen molar-refractivity contribution in [2.45, 2.75) is 57.4 Å². The maximum Gasteiger partial charge on any atom is 1.00 e. The molecule has 1 saturated heterocycles. The Hall–Kier alpha value is -1.59. The second-order valence-electron chi connectivity index (χ2n) is 8.81. The fourth-order valence-electron chi connectivity index (χ4n) is 5.26. The van der Waals surface area contributed by atoms with E-state index in [4.69, 9.17) is 4.74 Å². The van der Waals surface area contributed by atoms with Crippen molar-refractivity contribution in [1.29, 1.82) is 0 Å². The summed E-state index contributed by atoms with van der Waals surface area (Å²) in [6.07, 6.45) is 10.2. The van der Waals surface area contributed by atoms with Gasteiger partial charge in [-0.1, -0.05) is 6.07 Å². The first-order chi connectivity index (χ1) is 15.4. The molecule has 1 aromatic heterocycles. The third-order valence-corrected chi connectivity index (χ3v) is 8.13. The van der Waals surface area contributed by atoms with Crippen molar-refractivity contribution in [2.24, 2.45) is 7.05 Å². The predicted molar refractivity (Wildman–Crippen MR) is 122 cm³/mol. The molecule has 5 rings (SSSR count). The smallest absolute Gasteiger partial charge is 1.00 e. The number of ether oxygens (including phenoxy) is 1. The van der Waals surface area contributed by atoms with E-state index in [1.807, 2.05) is 0 Å². The molecule has 3 aliphatic rings. The second-order valence-corrected chi connectivity index (χ2v) is 10.4. The van der Waals surface area contributed by atoms with Crippen LogP contribution in [-0.4, -0.2) is 43.5 Å². The molecule has 1 aliphatic heterocycles. The molecular weight excluding hydrogens is 453 g/mol. The van der Waals surface area contributed by atoms with Gasteiger partial charge in [-0.25, -0.2) is 13.8 Å². The molecule has 9 nitrogen and oxygen atoms in total. The molecule has 174 valence electrons. The van der Waals surface area contributed by atoms with Crippen LogP contribution in [0.4, 0.5) is 16.2 Å². The average Bonchev–Trinajstić information content (AvgIpc) is 3.49. The molecule has 11 heteroatoms. The molecule has 0 radical (unpaired) electrons. The van der Waals surface area contributed by atoms with Gasteiger partial charge in [0.25, 0.3) is 0 Å². The van der Waals surface area contributed by atoms with Crippen LogP contribution < -0.4 is 43.9 Å². The number of aromatic nitrogens is 2. The maximum atomic E-state index is 13.4. The van der Waals surface area contributed by atoms with Crippen LogP contribution in [0.15, 0.2) is 18.5 Å². The first-order valence-electron chi connectivity index (χ1n) is 11.3. The van der Waals surface area contributed by atoms with Crippen LogP contribution in [0.2, 0.25) is 0 Å². The van der Waals surface area contributed by atoms with E-state index in [1.54, 1.807) is 17.9 Å². The normalized spacial score (nSPS) is 17.7. The predicted octanol–water partition coefficient (Wildman–Crippen LogP) is -0.434. The van der Waals surface area contributed by atoms with Gasteiger partial charge in [-0.15, -0.1) is 0 Å². The molecule has 33 heavy (non-hydrogen) atoms. The van der Waals surface area contributed by atoms with Crippen LogP contribution in [0, 0.1) is 0 Å². The van der Waals surface area contributed by atoms with E-state index in [1.165, 1.54) is 21.6 Å². The van der Waals surface area contributed by atoms with E-state index in [-0.39, 0.29) is 37.0 Å². The number of carbonyl (C=O) groups excluding carboxylic acids is 1. The molecule has 0 unspecified atom stereocenters. The third-order valence-electron chi connectivity index (χ3n) is 6.66. The number of amides is 2. The molecule has 0 spiro atoms. The Morgan fingerprint density at radius 3 is 2.36 bits per heavy atom. The van der Waals surface area contributed by atoms with E-state index >= 15 is 0 Å². The summed E-state index contributed by atoms with van der Waals surface area (Å²) in [5, 5.41) is 7.03. The zero-order valence-electron chi connectivity index (χ0n) is 20.3. The van der Waals surface area contributed by atoms with Gasteiger partial charge in [-0.3, -0.25) is 4.68 Å². The molecule has 2 amide bonds. The van der Waals surface area contributed by atoms with Gasteiger partial charge in [-0.05, 0) is 73.6 Å². The first-order valence-corrected chi connectivity index (χ1v) is 12.7. The number of fused-ring (bicyclic) bond motifs is 2. The standard InChI is InChI=1S/C22H29N5O4S.Na.H/c1-26-14-18(13-23-26)27(17-8-10-31-11-9-17)32(29,30)25-22(28)24-21-19-6-2-4-15(19)12-16-5-3-7-20(16)21;;/h12-14,17H,2-11H2,1H3,(H2,24,25,28);;/q;+1;-1. The SMILES string of the molecule is Cn1cc(N(C2CCOCC2)S(=O)(=O)NC(=O)Nc2c3c(cc4c2CCC4)CCC3)cn1.[H-].[Na+]. The Balaban J connectivity index is 0.00000162. The fourth-order valence-corrected chi connectivity index (χ4v) is 6.62. The topological polar surface area (TPSA) is 106 Å². The number of nitrogens with zero attached hydrogens (tertiary/aromatic N) is 3. The number of carbonyl (C=O) groups is 1. The van der Waals surface area contributed by atoms with Gasteiger partial charge < -0.3 is 11.5 Å². The van der Waals surface area contributed by atoms with Crippen molar-refractivity contribution in [3.63, 3.8) is 0 Å². The van der Waals surface area contributed by atoms with Gasteiger partial charge >= 0.3 is 45.8 Å². The summed E-state index contributed by atoms with van der Waals surface area (Å²) in [4.78, 5) is 13.0. The summed E-state index contributed by atoms with van der Waals surface area (Å²) in [6.45, 7) is 0.955. The Kier molecular flexibility index (Phi) is 7.40. The molecule has 1 aromatic carbocycles. The average molecular weight is 484 g/mol. The molecule has 2 heterocycles. The monoisotopic (exact) mass is 483 g/mol. The largest absolute Gasteiger partial charge is 1.00 e. The number of anilines is 2. The van der Waals surface area contributed by atoms with Crippen molar-refractivity contribution in [3.05, 3.63) is 40.7 Å². The molecular formula is C22H30N5NaO4S. The number of rotatable bonds is 5. The molecule has 0 bridgehead atoms. The van der Waals surface area contributed by atoms with E-state index in [0.717, 1.165) is 55.3 Å². The van der Waals surface area contributed by atoms with Gasteiger partial charge in [0, 0.05) is 32.1 Å².